The van der Waals surface area contributed by atoms with Crippen LogP contribution < -0.4 is 20.1 Å². The van der Waals surface area contributed by atoms with Gasteiger partial charge >= 0.3 is 0 Å². The maximum atomic E-state index is 12.2. The summed E-state index contributed by atoms with van der Waals surface area (Å²) in [5.74, 6) is 1.47. The Balaban J connectivity index is 1.42. The molecule has 30 heavy (non-hydrogen) atoms. The Kier molecular flexibility index (Phi) is 7.72. The lowest BCUT2D eigenvalue weighted by atomic mass is 10.2. The van der Waals surface area contributed by atoms with E-state index in [1.54, 1.807) is 0 Å². The second-order valence-corrected chi connectivity index (χ2v) is 7.06. The first-order valence-electron chi connectivity index (χ1n) is 10.2. The van der Waals surface area contributed by atoms with Gasteiger partial charge in [-0.25, -0.2) is 0 Å². The highest BCUT2D eigenvalue weighted by atomic mass is 16.5. The fraction of sp³-hybridized carbons (Fsp3) is 0.240. The van der Waals surface area contributed by atoms with E-state index in [1.807, 2.05) is 85.8 Å². The van der Waals surface area contributed by atoms with E-state index in [0.717, 1.165) is 34.9 Å². The number of ether oxygens (including phenoxy) is 2. The van der Waals surface area contributed by atoms with E-state index in [-0.39, 0.29) is 18.6 Å². The van der Waals surface area contributed by atoms with Crippen LogP contribution in [-0.4, -0.2) is 18.6 Å². The molecule has 156 valence electrons. The molecule has 0 saturated heterocycles. The van der Waals surface area contributed by atoms with Gasteiger partial charge in [-0.05, 0) is 67.4 Å². The molecule has 0 saturated carbocycles. The molecule has 5 nitrogen and oxygen atoms in total. The second kappa shape index (κ2) is 10.9. The first-order chi connectivity index (χ1) is 14.6. The van der Waals surface area contributed by atoms with Gasteiger partial charge in [-0.3, -0.25) is 4.79 Å². The number of hydrogen-bond acceptors (Lipinski definition) is 4. The molecule has 1 unspecified atom stereocenters. The molecule has 5 heteroatoms. The number of carbonyl (C=O) groups excluding carboxylic acids is 1. The summed E-state index contributed by atoms with van der Waals surface area (Å²) in [4.78, 5) is 12.2. The highest BCUT2D eigenvalue weighted by Gasteiger charge is 2.05. The van der Waals surface area contributed by atoms with Crippen LogP contribution in [0, 0.1) is 0 Å². The van der Waals surface area contributed by atoms with Gasteiger partial charge in [0.2, 0.25) is 5.91 Å². The number of anilines is 2. The summed E-state index contributed by atoms with van der Waals surface area (Å²) in [5.41, 5.74) is 2.72. The lowest BCUT2D eigenvalue weighted by Gasteiger charge is -2.13. The molecule has 0 aliphatic rings. The summed E-state index contributed by atoms with van der Waals surface area (Å²) in [5, 5.41) is 5.99. The third kappa shape index (κ3) is 6.85. The molecule has 0 heterocycles. The SMILES string of the molecule is CCC(C)Oc1ccc(NC(=O)CNc2ccc(OCc3ccccc3)cc2)cc1. The molecule has 0 bridgehead atoms. The minimum atomic E-state index is -0.116. The van der Waals surface area contributed by atoms with Crippen LogP contribution in [0.1, 0.15) is 25.8 Å². The highest BCUT2D eigenvalue weighted by Crippen LogP contribution is 2.19. The zero-order valence-electron chi connectivity index (χ0n) is 17.4. The van der Waals surface area contributed by atoms with E-state index in [1.165, 1.54) is 0 Å². The smallest absolute Gasteiger partial charge is 0.243 e. The first-order valence-corrected chi connectivity index (χ1v) is 10.2. The quantitative estimate of drug-likeness (QED) is 0.469. The van der Waals surface area contributed by atoms with Crippen LogP contribution >= 0.6 is 0 Å². The Morgan fingerprint density at radius 3 is 2.17 bits per heavy atom. The highest BCUT2D eigenvalue weighted by molar-refractivity contribution is 5.93. The van der Waals surface area contributed by atoms with Crippen molar-refractivity contribution in [3.8, 4) is 11.5 Å². The average Bonchev–Trinajstić information content (AvgIpc) is 2.79. The molecular formula is C25H28N2O3. The maximum Gasteiger partial charge on any atom is 0.243 e. The largest absolute Gasteiger partial charge is 0.491 e. The molecule has 3 aromatic carbocycles. The Morgan fingerprint density at radius 2 is 1.50 bits per heavy atom. The van der Waals surface area contributed by atoms with Crippen molar-refractivity contribution < 1.29 is 14.3 Å². The molecule has 0 aliphatic carbocycles. The van der Waals surface area contributed by atoms with Crippen molar-refractivity contribution >= 4 is 17.3 Å². The van der Waals surface area contributed by atoms with Crippen molar-refractivity contribution in [2.75, 3.05) is 17.2 Å². The molecule has 2 N–H and O–H groups in total. The lowest BCUT2D eigenvalue weighted by molar-refractivity contribution is -0.114. The maximum absolute atomic E-state index is 12.2. The van der Waals surface area contributed by atoms with Gasteiger partial charge in [-0.2, -0.15) is 0 Å². The van der Waals surface area contributed by atoms with Crippen molar-refractivity contribution in [3.05, 3.63) is 84.4 Å². The molecule has 0 aliphatic heterocycles. The molecule has 3 rings (SSSR count). The third-order valence-electron chi connectivity index (χ3n) is 4.61. The van der Waals surface area contributed by atoms with Crippen molar-refractivity contribution in [3.63, 3.8) is 0 Å². The number of hydrogen-bond donors (Lipinski definition) is 2. The predicted molar refractivity (Wildman–Crippen MR) is 121 cm³/mol. The van der Waals surface area contributed by atoms with Crippen molar-refractivity contribution in [2.45, 2.75) is 33.0 Å². The van der Waals surface area contributed by atoms with Crippen LogP contribution in [0.25, 0.3) is 0 Å². The molecule has 3 aromatic rings. The standard InChI is InChI=1S/C25H28N2O3/c1-3-19(2)30-24-15-11-22(12-16-24)27-25(28)17-26-21-9-13-23(14-10-21)29-18-20-7-5-4-6-8-20/h4-16,19,26H,3,17-18H2,1-2H3,(H,27,28). The number of nitrogens with one attached hydrogen (secondary N) is 2. The topological polar surface area (TPSA) is 59.6 Å². The van der Waals surface area contributed by atoms with Crippen LogP contribution in [0.5, 0.6) is 11.5 Å². The van der Waals surface area contributed by atoms with E-state index in [4.69, 9.17) is 9.47 Å². The number of amides is 1. The van der Waals surface area contributed by atoms with Crippen molar-refractivity contribution in [1.29, 1.82) is 0 Å². The van der Waals surface area contributed by atoms with Gasteiger partial charge in [0.05, 0.1) is 12.6 Å². The fourth-order valence-electron chi connectivity index (χ4n) is 2.73. The van der Waals surface area contributed by atoms with Crippen LogP contribution in [0.15, 0.2) is 78.9 Å². The van der Waals surface area contributed by atoms with Crippen LogP contribution in [0.3, 0.4) is 0 Å². The average molecular weight is 405 g/mol. The van der Waals surface area contributed by atoms with E-state index in [9.17, 15) is 4.79 Å². The summed E-state index contributed by atoms with van der Waals surface area (Å²) in [7, 11) is 0. The Hall–Kier alpha value is -3.47. The zero-order chi connectivity index (χ0) is 21.2. The van der Waals surface area contributed by atoms with Crippen LogP contribution in [0.4, 0.5) is 11.4 Å². The molecule has 0 spiro atoms. The van der Waals surface area contributed by atoms with E-state index < -0.39 is 0 Å². The summed E-state index contributed by atoms with van der Waals surface area (Å²) in [6, 6.07) is 25.0. The van der Waals surface area contributed by atoms with E-state index >= 15 is 0 Å². The summed E-state index contributed by atoms with van der Waals surface area (Å²) in [6.07, 6.45) is 1.12. The lowest BCUT2D eigenvalue weighted by Crippen LogP contribution is -2.21. The normalized spacial score (nSPS) is 11.4. The summed E-state index contributed by atoms with van der Waals surface area (Å²) in [6.45, 7) is 4.81. The minimum absolute atomic E-state index is 0.116. The molecule has 1 amide bonds. The van der Waals surface area contributed by atoms with Gasteiger partial charge in [0, 0.05) is 11.4 Å². The number of carbonyl (C=O) groups is 1. The monoisotopic (exact) mass is 404 g/mol. The number of benzene rings is 3. The second-order valence-electron chi connectivity index (χ2n) is 7.06. The van der Waals surface area contributed by atoms with Gasteiger partial charge in [0.15, 0.2) is 0 Å². The fourth-order valence-corrected chi connectivity index (χ4v) is 2.73. The van der Waals surface area contributed by atoms with E-state index in [0.29, 0.717) is 6.61 Å². The van der Waals surface area contributed by atoms with Gasteiger partial charge < -0.3 is 20.1 Å². The third-order valence-corrected chi connectivity index (χ3v) is 4.61. The van der Waals surface area contributed by atoms with Crippen molar-refractivity contribution in [2.24, 2.45) is 0 Å². The Labute approximate surface area is 178 Å². The molecule has 0 aromatic heterocycles. The van der Waals surface area contributed by atoms with Crippen molar-refractivity contribution in [1.82, 2.24) is 0 Å². The molecule has 0 fully saturated rings. The Bertz CT molecular complexity index is 909. The van der Waals surface area contributed by atoms with Gasteiger partial charge in [-0.15, -0.1) is 0 Å². The zero-order valence-corrected chi connectivity index (χ0v) is 17.4. The van der Waals surface area contributed by atoms with Crippen LogP contribution in [-0.2, 0) is 11.4 Å². The van der Waals surface area contributed by atoms with Gasteiger partial charge in [0.25, 0.3) is 0 Å². The minimum Gasteiger partial charge on any atom is -0.491 e. The van der Waals surface area contributed by atoms with E-state index in [2.05, 4.69) is 17.6 Å². The predicted octanol–water partition coefficient (Wildman–Crippen LogP) is 5.49. The Morgan fingerprint density at radius 1 is 0.867 bits per heavy atom. The summed E-state index contributed by atoms with van der Waals surface area (Å²) < 4.78 is 11.5. The molecule has 1 atom stereocenters. The summed E-state index contributed by atoms with van der Waals surface area (Å²) >= 11 is 0. The first kappa shape index (κ1) is 21.2. The molecular weight excluding hydrogens is 376 g/mol. The number of rotatable bonds is 10. The van der Waals surface area contributed by atoms with Gasteiger partial charge in [0.1, 0.15) is 18.1 Å². The van der Waals surface area contributed by atoms with Gasteiger partial charge in [-0.1, -0.05) is 37.3 Å². The molecule has 0 radical (unpaired) electrons. The van der Waals surface area contributed by atoms with Crippen LogP contribution in [0.2, 0.25) is 0 Å².